The van der Waals surface area contributed by atoms with E-state index in [0.29, 0.717) is 11.8 Å². The van der Waals surface area contributed by atoms with Crippen LogP contribution in [-0.2, 0) is 35.7 Å². The molecular weight excluding hydrogens is 452 g/mol. The van der Waals surface area contributed by atoms with E-state index in [2.05, 4.69) is 32.6 Å². The van der Waals surface area contributed by atoms with Crippen LogP contribution in [0.25, 0.3) is 0 Å². The Hall–Kier alpha value is 1.02. The topological polar surface area (TPSA) is 18.5 Å². The molecule has 3 aliphatic carbocycles. The number of rotatable bonds is 7. The van der Waals surface area contributed by atoms with Gasteiger partial charge < -0.3 is 22.4 Å². The molecule has 0 unspecified atom stereocenters. The predicted octanol–water partition coefficient (Wildman–Crippen LogP) is 7.50. The molecule has 2 nitrogen and oxygen atoms in total. The summed E-state index contributed by atoms with van der Waals surface area (Å²) in [5.74, 6) is 1.25. The van der Waals surface area contributed by atoms with E-state index >= 15 is 0 Å². The molecule has 3 rings (SSSR count). The Balaban J connectivity index is 0.000000575. The Morgan fingerprint density at radius 2 is 1.17 bits per heavy atom. The SMILES string of the molecule is C1CCCC1.C1CCCC1.[CH2-][C@H]1CC(COC)(COC)C[C@@H]1C[CH-][Si](C)(C)C.[Zr+4]. The fourth-order valence-corrected chi connectivity index (χ4v) is 5.98. The molecule has 0 amide bonds. The summed E-state index contributed by atoms with van der Waals surface area (Å²) in [5, 5.41) is 0. The Labute approximate surface area is 203 Å². The molecule has 0 saturated heterocycles. The second kappa shape index (κ2) is 16.6. The number of hydrogen-bond donors (Lipinski definition) is 0. The minimum absolute atomic E-state index is 0. The molecule has 0 aromatic rings. The molecule has 0 aromatic carbocycles. The van der Waals surface area contributed by atoms with Gasteiger partial charge in [-0.15, -0.1) is 8.07 Å². The fourth-order valence-electron chi connectivity index (χ4n) is 4.97. The first-order chi connectivity index (χ1) is 13.3. The summed E-state index contributed by atoms with van der Waals surface area (Å²) in [6.07, 6.45) is 18.6. The second-order valence-corrected chi connectivity index (χ2v) is 15.8. The van der Waals surface area contributed by atoms with E-state index in [1.807, 2.05) is 0 Å². The van der Waals surface area contributed by atoms with Crippen LogP contribution in [-0.4, -0.2) is 35.5 Å². The van der Waals surface area contributed by atoms with E-state index in [1.165, 1.54) is 77.0 Å². The quantitative estimate of drug-likeness (QED) is 0.266. The zero-order valence-electron chi connectivity index (χ0n) is 20.4. The van der Waals surface area contributed by atoms with Crippen LogP contribution < -0.4 is 0 Å². The molecule has 2 atom stereocenters. The van der Waals surface area contributed by atoms with Crippen molar-refractivity contribution in [3.05, 3.63) is 13.0 Å². The average Bonchev–Trinajstić information content (AvgIpc) is 3.39. The first kappa shape index (κ1) is 30.0. The van der Waals surface area contributed by atoms with Crippen LogP contribution in [0.2, 0.25) is 19.6 Å². The number of methoxy groups -OCH3 is 2. The summed E-state index contributed by atoms with van der Waals surface area (Å²) in [4.78, 5) is 0. The van der Waals surface area contributed by atoms with E-state index in [-0.39, 0.29) is 31.6 Å². The zero-order chi connectivity index (χ0) is 20.9. The normalized spacial score (nSPS) is 25.4. The number of hydrogen-bond acceptors (Lipinski definition) is 2. The molecule has 0 radical (unpaired) electrons. The molecule has 0 aliphatic heterocycles. The molecule has 3 saturated carbocycles. The van der Waals surface area contributed by atoms with Gasteiger partial charge in [-0.25, -0.2) is 0 Å². The van der Waals surface area contributed by atoms with Crippen LogP contribution in [0.1, 0.15) is 83.5 Å². The first-order valence-electron chi connectivity index (χ1n) is 12.0. The molecule has 3 fully saturated rings. The summed E-state index contributed by atoms with van der Waals surface area (Å²) in [7, 11) is 2.52. The van der Waals surface area contributed by atoms with E-state index in [0.717, 1.165) is 19.6 Å². The van der Waals surface area contributed by atoms with Crippen molar-refractivity contribution in [2.45, 2.75) is 103 Å². The van der Waals surface area contributed by atoms with Gasteiger partial charge in [0.1, 0.15) is 0 Å². The Morgan fingerprint density at radius 1 is 0.793 bits per heavy atom. The molecule has 29 heavy (non-hydrogen) atoms. The third-order valence-corrected chi connectivity index (χ3v) is 7.95. The molecule has 0 N–H and O–H groups in total. The van der Waals surface area contributed by atoms with Gasteiger partial charge in [-0.2, -0.15) is 12.3 Å². The third-order valence-electron chi connectivity index (χ3n) is 6.49. The maximum atomic E-state index is 5.41. The van der Waals surface area contributed by atoms with Crippen LogP contribution in [0.3, 0.4) is 0 Å². The molecule has 0 aromatic heterocycles. The molecule has 0 spiro atoms. The molecule has 0 heterocycles. The summed E-state index contributed by atoms with van der Waals surface area (Å²) in [6, 6.07) is 2.57. The van der Waals surface area contributed by atoms with Crippen LogP contribution in [0.15, 0.2) is 0 Å². The van der Waals surface area contributed by atoms with Crippen molar-refractivity contribution in [1.82, 2.24) is 0 Å². The van der Waals surface area contributed by atoms with E-state index in [9.17, 15) is 0 Å². The smallest absolute Gasteiger partial charge is 0.384 e. The maximum absolute atomic E-state index is 5.41. The average molecular weight is 502 g/mol. The zero-order valence-corrected chi connectivity index (χ0v) is 23.8. The number of ether oxygens (including phenoxy) is 2. The maximum Gasteiger partial charge on any atom is 4.00 e. The van der Waals surface area contributed by atoms with Gasteiger partial charge in [0, 0.05) is 19.6 Å². The second-order valence-electron chi connectivity index (χ2n) is 10.6. The monoisotopic (exact) mass is 500 g/mol. The van der Waals surface area contributed by atoms with Gasteiger partial charge in [-0.05, 0) is 6.42 Å². The van der Waals surface area contributed by atoms with Crippen molar-refractivity contribution in [1.29, 1.82) is 0 Å². The van der Waals surface area contributed by atoms with Gasteiger partial charge in [0.05, 0.1) is 13.2 Å². The van der Waals surface area contributed by atoms with Gasteiger partial charge in [-0.3, -0.25) is 0 Å². The Kier molecular flexibility index (Phi) is 17.2. The molecule has 168 valence electrons. The van der Waals surface area contributed by atoms with Crippen molar-refractivity contribution >= 4 is 8.07 Å². The Morgan fingerprint density at radius 3 is 1.48 bits per heavy atom. The van der Waals surface area contributed by atoms with E-state index in [4.69, 9.17) is 9.47 Å². The fraction of sp³-hybridized carbons (Fsp3) is 0.920. The standard InChI is InChI=1S/C15H30O2Si.2C5H10.Zr/c1-13-9-15(11-16-2,12-17-3)10-14(13)7-8-18(4,5)6;2*1-2-4-5-3-1;/h8,13-14H,1,7,9-12H2,2-6H3;2*1-5H2;/q-2;;;+4/t13-,14-;;;/m0.../s1. The van der Waals surface area contributed by atoms with Crippen molar-refractivity contribution < 1.29 is 35.7 Å². The van der Waals surface area contributed by atoms with Crippen LogP contribution in [0, 0.1) is 30.2 Å². The molecule has 0 bridgehead atoms. The molecular formula is C25H50O2SiZr+2. The van der Waals surface area contributed by atoms with Crippen molar-refractivity contribution in [2.75, 3.05) is 27.4 Å². The Bertz CT molecular complexity index is 344. The largest absolute Gasteiger partial charge is 4.00 e. The summed E-state index contributed by atoms with van der Waals surface area (Å²) >= 11 is 0. The summed E-state index contributed by atoms with van der Waals surface area (Å²) < 4.78 is 10.8. The van der Waals surface area contributed by atoms with Gasteiger partial charge in [0.15, 0.2) is 0 Å². The third kappa shape index (κ3) is 13.9. The molecule has 4 heteroatoms. The van der Waals surface area contributed by atoms with Gasteiger partial charge in [0.25, 0.3) is 0 Å². The first-order valence-corrected chi connectivity index (χ1v) is 15.5. The van der Waals surface area contributed by atoms with E-state index < -0.39 is 8.07 Å². The van der Waals surface area contributed by atoms with E-state index in [1.54, 1.807) is 14.2 Å². The van der Waals surface area contributed by atoms with Crippen LogP contribution in [0.5, 0.6) is 0 Å². The minimum Gasteiger partial charge on any atom is -0.384 e. The molecule has 3 aliphatic rings. The minimum atomic E-state index is -1.05. The van der Waals surface area contributed by atoms with Crippen molar-refractivity contribution in [3.8, 4) is 0 Å². The van der Waals surface area contributed by atoms with Crippen LogP contribution >= 0.6 is 0 Å². The predicted molar refractivity (Wildman–Crippen MR) is 126 cm³/mol. The summed E-state index contributed by atoms with van der Waals surface area (Å²) in [6.45, 7) is 13.2. The van der Waals surface area contributed by atoms with Gasteiger partial charge >= 0.3 is 26.2 Å². The van der Waals surface area contributed by atoms with Crippen molar-refractivity contribution in [2.24, 2.45) is 17.3 Å². The summed E-state index contributed by atoms with van der Waals surface area (Å²) in [5.41, 5.74) is 0.202. The van der Waals surface area contributed by atoms with Gasteiger partial charge in [-0.1, -0.05) is 96.2 Å². The van der Waals surface area contributed by atoms with Gasteiger partial charge in [0.2, 0.25) is 0 Å². The van der Waals surface area contributed by atoms with Crippen LogP contribution in [0.4, 0.5) is 0 Å². The van der Waals surface area contributed by atoms with Crippen molar-refractivity contribution in [3.63, 3.8) is 0 Å².